The average Bonchev–Trinajstić information content (AvgIpc) is 3.02. The third kappa shape index (κ3) is 3.23. The number of ether oxygens (including phenoxy) is 1. The number of para-hydroxylation sites is 1. The second-order valence-electron chi connectivity index (χ2n) is 7.19. The van der Waals surface area contributed by atoms with Crippen molar-refractivity contribution in [1.29, 1.82) is 0 Å². The normalized spacial score (nSPS) is 18.2. The number of hydrogen-bond donors (Lipinski definition) is 0. The number of nitrogens with zero attached hydrogens (tertiary/aromatic N) is 2. The fraction of sp³-hybridized carbons (Fsp3) is 0.476. The van der Waals surface area contributed by atoms with Gasteiger partial charge in [-0.2, -0.15) is 0 Å². The van der Waals surface area contributed by atoms with Crippen LogP contribution in [0.4, 0.5) is 0 Å². The van der Waals surface area contributed by atoms with Gasteiger partial charge in [0.2, 0.25) is 5.91 Å². The third-order valence-corrected chi connectivity index (χ3v) is 5.11. The Balaban J connectivity index is 1.91. The van der Waals surface area contributed by atoms with Crippen LogP contribution in [0.25, 0.3) is 10.9 Å². The highest BCUT2D eigenvalue weighted by molar-refractivity contribution is 5.98. The molecule has 0 bridgehead atoms. The monoisotopic (exact) mass is 340 g/mol. The van der Waals surface area contributed by atoms with Crippen LogP contribution in [0, 0.1) is 0 Å². The van der Waals surface area contributed by atoms with Gasteiger partial charge in [-0.05, 0) is 45.8 Å². The van der Waals surface area contributed by atoms with Gasteiger partial charge in [-0.1, -0.05) is 18.2 Å². The largest absolute Gasteiger partial charge is 0.379 e. The van der Waals surface area contributed by atoms with Gasteiger partial charge in [0.25, 0.3) is 0 Å². The number of carbonyl (C=O) groups excluding carboxylic acids is 1. The van der Waals surface area contributed by atoms with E-state index < -0.39 is 0 Å². The second-order valence-corrected chi connectivity index (χ2v) is 7.19. The number of aryl methyl sites for hydroxylation is 1. The Labute approximate surface area is 150 Å². The van der Waals surface area contributed by atoms with Crippen molar-refractivity contribution in [2.45, 2.75) is 46.3 Å². The zero-order valence-electron chi connectivity index (χ0n) is 15.9. The van der Waals surface area contributed by atoms with E-state index in [1.165, 1.54) is 16.5 Å². The standard InChI is InChI=1S/C21H28N2O2/c1-14(2)25-12-8-11-23-20(15(3)16(4)21(23)24)18-13-22(5)19-10-7-6-9-17(18)19/h6-7,9-10,13-14,20H,8,11-12H2,1-5H3/t20-/m1/s1. The SMILES string of the molecule is CC1=C(C)[C@H](c2cn(C)c3ccccc23)N(CCCOC(C)C)C1=O. The lowest BCUT2D eigenvalue weighted by atomic mass is 9.98. The zero-order valence-corrected chi connectivity index (χ0v) is 15.9. The molecule has 2 heterocycles. The molecule has 134 valence electrons. The van der Waals surface area contributed by atoms with Crippen LogP contribution in [0.1, 0.15) is 45.7 Å². The van der Waals surface area contributed by atoms with Gasteiger partial charge in [-0.3, -0.25) is 4.79 Å². The van der Waals surface area contributed by atoms with Gasteiger partial charge in [-0.25, -0.2) is 0 Å². The number of benzene rings is 1. The Bertz CT molecular complexity index is 816. The van der Waals surface area contributed by atoms with Gasteiger partial charge in [0.15, 0.2) is 0 Å². The number of hydrogen-bond acceptors (Lipinski definition) is 2. The molecule has 0 N–H and O–H groups in total. The Morgan fingerprint density at radius 1 is 1.20 bits per heavy atom. The first-order valence-electron chi connectivity index (χ1n) is 9.05. The van der Waals surface area contributed by atoms with E-state index in [2.05, 4.69) is 49.0 Å². The maximum absolute atomic E-state index is 12.8. The topological polar surface area (TPSA) is 34.5 Å². The van der Waals surface area contributed by atoms with Crippen LogP contribution in [0.3, 0.4) is 0 Å². The average molecular weight is 340 g/mol. The van der Waals surface area contributed by atoms with Gasteiger partial charge in [0.05, 0.1) is 12.1 Å². The predicted octanol–water partition coefficient (Wildman–Crippen LogP) is 4.21. The van der Waals surface area contributed by atoms with Gasteiger partial charge in [0, 0.05) is 48.4 Å². The van der Waals surface area contributed by atoms with Crippen molar-refractivity contribution in [3.63, 3.8) is 0 Å². The molecular weight excluding hydrogens is 312 g/mol. The molecule has 4 heteroatoms. The molecule has 1 amide bonds. The minimum Gasteiger partial charge on any atom is -0.379 e. The van der Waals surface area contributed by atoms with Crippen molar-refractivity contribution in [3.05, 3.63) is 47.2 Å². The summed E-state index contributed by atoms with van der Waals surface area (Å²) in [6, 6.07) is 8.42. The van der Waals surface area contributed by atoms with E-state index in [1.54, 1.807) is 0 Å². The van der Waals surface area contributed by atoms with Crippen molar-refractivity contribution < 1.29 is 9.53 Å². The van der Waals surface area contributed by atoms with Crippen LogP contribution >= 0.6 is 0 Å². The van der Waals surface area contributed by atoms with Gasteiger partial charge in [-0.15, -0.1) is 0 Å². The number of amides is 1. The summed E-state index contributed by atoms with van der Waals surface area (Å²) < 4.78 is 7.80. The highest BCUT2D eigenvalue weighted by atomic mass is 16.5. The summed E-state index contributed by atoms with van der Waals surface area (Å²) in [5, 5.41) is 1.22. The summed E-state index contributed by atoms with van der Waals surface area (Å²) in [6.07, 6.45) is 3.25. The molecule has 3 rings (SSSR count). The lowest BCUT2D eigenvalue weighted by Crippen LogP contribution is -2.31. The molecule has 4 nitrogen and oxygen atoms in total. The van der Waals surface area contributed by atoms with Crippen molar-refractivity contribution in [1.82, 2.24) is 9.47 Å². The summed E-state index contributed by atoms with van der Waals surface area (Å²) >= 11 is 0. The molecule has 2 aromatic rings. The number of carbonyl (C=O) groups is 1. The van der Waals surface area contributed by atoms with E-state index in [0.29, 0.717) is 13.2 Å². The molecule has 0 spiro atoms. The van der Waals surface area contributed by atoms with Crippen molar-refractivity contribution >= 4 is 16.8 Å². The highest BCUT2D eigenvalue weighted by Gasteiger charge is 2.36. The second kappa shape index (κ2) is 7.04. The van der Waals surface area contributed by atoms with Crippen LogP contribution in [0.15, 0.2) is 41.6 Å². The fourth-order valence-electron chi connectivity index (χ4n) is 3.72. The molecule has 0 unspecified atom stereocenters. The van der Waals surface area contributed by atoms with Crippen LogP contribution in [0.5, 0.6) is 0 Å². The van der Waals surface area contributed by atoms with E-state index in [9.17, 15) is 4.79 Å². The first-order valence-corrected chi connectivity index (χ1v) is 9.05. The summed E-state index contributed by atoms with van der Waals surface area (Å²) in [5.74, 6) is 0.153. The van der Waals surface area contributed by atoms with Crippen LogP contribution in [-0.2, 0) is 16.6 Å². The maximum Gasteiger partial charge on any atom is 0.250 e. The van der Waals surface area contributed by atoms with Crippen LogP contribution in [0.2, 0.25) is 0 Å². The predicted molar refractivity (Wildman–Crippen MR) is 101 cm³/mol. The number of aromatic nitrogens is 1. The summed E-state index contributed by atoms with van der Waals surface area (Å²) in [6.45, 7) is 9.51. The quantitative estimate of drug-likeness (QED) is 0.738. The van der Waals surface area contributed by atoms with Gasteiger partial charge in [0.1, 0.15) is 0 Å². The van der Waals surface area contributed by atoms with E-state index in [4.69, 9.17) is 4.74 Å². The van der Waals surface area contributed by atoms with E-state index in [1.807, 2.05) is 25.7 Å². The fourth-order valence-corrected chi connectivity index (χ4v) is 3.72. The van der Waals surface area contributed by atoms with Crippen molar-refractivity contribution in [2.24, 2.45) is 7.05 Å². The van der Waals surface area contributed by atoms with Crippen molar-refractivity contribution in [2.75, 3.05) is 13.2 Å². The molecule has 1 aliphatic rings. The Kier molecular flexibility index (Phi) is 5.00. The van der Waals surface area contributed by atoms with E-state index >= 15 is 0 Å². The molecule has 0 saturated carbocycles. The molecule has 0 fully saturated rings. The molecule has 1 aromatic heterocycles. The summed E-state index contributed by atoms with van der Waals surface area (Å²) in [4.78, 5) is 14.8. The Morgan fingerprint density at radius 2 is 1.92 bits per heavy atom. The molecule has 25 heavy (non-hydrogen) atoms. The number of rotatable bonds is 6. The lowest BCUT2D eigenvalue weighted by Gasteiger charge is -2.26. The minimum absolute atomic E-state index is 0.0256. The Hall–Kier alpha value is -2.07. The highest BCUT2D eigenvalue weighted by Crippen LogP contribution is 2.40. The smallest absolute Gasteiger partial charge is 0.250 e. The lowest BCUT2D eigenvalue weighted by molar-refractivity contribution is -0.127. The minimum atomic E-state index is 0.0256. The van der Waals surface area contributed by atoms with Crippen LogP contribution in [-0.4, -0.2) is 34.6 Å². The van der Waals surface area contributed by atoms with Gasteiger partial charge >= 0.3 is 0 Å². The first-order chi connectivity index (χ1) is 11.9. The molecule has 0 radical (unpaired) electrons. The Morgan fingerprint density at radius 3 is 2.64 bits per heavy atom. The molecule has 1 aromatic carbocycles. The van der Waals surface area contributed by atoms with Gasteiger partial charge < -0.3 is 14.2 Å². The maximum atomic E-state index is 12.8. The molecule has 0 aliphatic carbocycles. The first kappa shape index (κ1) is 17.7. The summed E-state index contributed by atoms with van der Waals surface area (Å²) in [7, 11) is 2.06. The van der Waals surface area contributed by atoms with Crippen LogP contribution < -0.4 is 0 Å². The molecular formula is C21H28N2O2. The zero-order chi connectivity index (χ0) is 18.1. The molecule has 1 atom stereocenters. The van der Waals surface area contributed by atoms with E-state index in [0.717, 1.165) is 17.6 Å². The van der Waals surface area contributed by atoms with E-state index in [-0.39, 0.29) is 18.1 Å². The van der Waals surface area contributed by atoms with Crippen molar-refractivity contribution in [3.8, 4) is 0 Å². The molecule has 1 aliphatic heterocycles. The molecule has 0 saturated heterocycles. The summed E-state index contributed by atoms with van der Waals surface area (Å²) in [5.41, 5.74) is 4.45. The third-order valence-electron chi connectivity index (χ3n) is 5.11. The number of fused-ring (bicyclic) bond motifs is 1.